The molecular formula is C14H20N4OS. The SMILES string of the molecule is CCCNc1nc(CCC)nc(Sc2ncco2)c1C. The largest absolute Gasteiger partial charge is 0.440 e. The summed E-state index contributed by atoms with van der Waals surface area (Å²) in [7, 11) is 0. The van der Waals surface area contributed by atoms with Crippen molar-refractivity contribution >= 4 is 17.6 Å². The lowest BCUT2D eigenvalue weighted by atomic mass is 10.3. The molecule has 6 heteroatoms. The molecule has 108 valence electrons. The summed E-state index contributed by atoms with van der Waals surface area (Å²) < 4.78 is 5.28. The molecule has 0 atom stereocenters. The summed E-state index contributed by atoms with van der Waals surface area (Å²) in [5, 5.41) is 4.88. The molecule has 0 saturated heterocycles. The first kappa shape index (κ1) is 14.8. The highest BCUT2D eigenvalue weighted by atomic mass is 32.2. The average Bonchev–Trinajstić information content (AvgIpc) is 2.94. The molecule has 0 bridgehead atoms. The second-order valence-corrected chi connectivity index (χ2v) is 5.44. The van der Waals surface area contributed by atoms with Gasteiger partial charge in [-0.3, -0.25) is 0 Å². The second-order valence-electron chi connectivity index (χ2n) is 4.50. The van der Waals surface area contributed by atoms with Gasteiger partial charge in [-0.25, -0.2) is 15.0 Å². The second kappa shape index (κ2) is 7.28. The van der Waals surface area contributed by atoms with Crippen LogP contribution in [0.15, 0.2) is 27.1 Å². The smallest absolute Gasteiger partial charge is 0.261 e. The summed E-state index contributed by atoms with van der Waals surface area (Å²) in [4.78, 5) is 13.4. The molecule has 0 amide bonds. The molecule has 0 radical (unpaired) electrons. The van der Waals surface area contributed by atoms with Gasteiger partial charge < -0.3 is 9.73 Å². The fourth-order valence-corrected chi connectivity index (χ4v) is 2.52. The van der Waals surface area contributed by atoms with Crippen molar-refractivity contribution in [2.24, 2.45) is 0 Å². The molecular weight excluding hydrogens is 272 g/mol. The third-order valence-corrected chi connectivity index (χ3v) is 3.72. The predicted octanol–water partition coefficient (Wildman–Crippen LogP) is 3.70. The van der Waals surface area contributed by atoms with Crippen molar-refractivity contribution in [2.45, 2.75) is 50.3 Å². The maximum Gasteiger partial charge on any atom is 0.261 e. The molecule has 0 aliphatic heterocycles. The molecule has 0 unspecified atom stereocenters. The third-order valence-electron chi connectivity index (χ3n) is 2.76. The Morgan fingerprint density at radius 2 is 2.10 bits per heavy atom. The summed E-state index contributed by atoms with van der Waals surface area (Å²) >= 11 is 1.44. The predicted molar refractivity (Wildman–Crippen MR) is 80.2 cm³/mol. The highest BCUT2D eigenvalue weighted by Crippen LogP contribution is 2.30. The van der Waals surface area contributed by atoms with E-state index in [1.54, 1.807) is 12.5 Å². The summed E-state index contributed by atoms with van der Waals surface area (Å²) in [5.41, 5.74) is 1.04. The van der Waals surface area contributed by atoms with Crippen LogP contribution >= 0.6 is 11.8 Å². The van der Waals surface area contributed by atoms with E-state index in [9.17, 15) is 0 Å². The molecule has 2 aromatic rings. The van der Waals surface area contributed by atoms with Crippen molar-refractivity contribution < 1.29 is 4.42 Å². The Morgan fingerprint density at radius 3 is 2.75 bits per heavy atom. The summed E-state index contributed by atoms with van der Waals surface area (Å²) in [6.45, 7) is 7.20. The third kappa shape index (κ3) is 3.72. The number of nitrogens with zero attached hydrogens (tertiary/aromatic N) is 3. The van der Waals surface area contributed by atoms with E-state index in [1.807, 2.05) is 6.92 Å². The summed E-state index contributed by atoms with van der Waals surface area (Å²) in [6.07, 6.45) is 6.18. The van der Waals surface area contributed by atoms with Crippen molar-refractivity contribution in [3.8, 4) is 0 Å². The molecule has 0 aliphatic carbocycles. The van der Waals surface area contributed by atoms with Crippen LogP contribution in [0.5, 0.6) is 0 Å². The first-order valence-corrected chi connectivity index (χ1v) is 7.75. The van der Waals surface area contributed by atoms with Crippen LogP contribution in [0.25, 0.3) is 0 Å². The van der Waals surface area contributed by atoms with E-state index in [4.69, 9.17) is 4.42 Å². The molecule has 2 heterocycles. The lowest BCUT2D eigenvalue weighted by Gasteiger charge is -2.12. The van der Waals surface area contributed by atoms with E-state index < -0.39 is 0 Å². The van der Waals surface area contributed by atoms with Crippen LogP contribution in [-0.2, 0) is 6.42 Å². The standard InChI is InChI=1S/C14H20N4OS/c1-4-6-11-17-12(15-7-5-2)10(3)13(18-11)20-14-16-8-9-19-14/h8-9H,4-7H2,1-3H3,(H,15,17,18). The average molecular weight is 292 g/mol. The van der Waals surface area contributed by atoms with E-state index in [1.165, 1.54) is 11.8 Å². The minimum atomic E-state index is 0.607. The quantitative estimate of drug-likeness (QED) is 0.785. The zero-order valence-corrected chi connectivity index (χ0v) is 13.0. The molecule has 0 spiro atoms. The highest BCUT2D eigenvalue weighted by molar-refractivity contribution is 7.99. The van der Waals surface area contributed by atoms with Crippen molar-refractivity contribution in [3.63, 3.8) is 0 Å². The Labute approximate surface area is 123 Å². The lowest BCUT2D eigenvalue weighted by molar-refractivity contribution is 0.454. The van der Waals surface area contributed by atoms with Gasteiger partial charge in [-0.1, -0.05) is 13.8 Å². The monoisotopic (exact) mass is 292 g/mol. The van der Waals surface area contributed by atoms with Gasteiger partial charge in [-0.05, 0) is 31.5 Å². The van der Waals surface area contributed by atoms with Gasteiger partial charge in [0.25, 0.3) is 5.22 Å². The van der Waals surface area contributed by atoms with Crippen LogP contribution in [0.4, 0.5) is 5.82 Å². The lowest BCUT2D eigenvalue weighted by Crippen LogP contribution is -2.08. The molecule has 2 rings (SSSR count). The van der Waals surface area contributed by atoms with Gasteiger partial charge in [0, 0.05) is 18.5 Å². The van der Waals surface area contributed by atoms with Gasteiger partial charge >= 0.3 is 0 Å². The van der Waals surface area contributed by atoms with Crippen LogP contribution in [0.2, 0.25) is 0 Å². The minimum Gasteiger partial charge on any atom is -0.440 e. The van der Waals surface area contributed by atoms with Gasteiger partial charge in [-0.2, -0.15) is 0 Å². The van der Waals surface area contributed by atoms with E-state index in [-0.39, 0.29) is 0 Å². The number of anilines is 1. The summed E-state index contributed by atoms with van der Waals surface area (Å²) in [5.74, 6) is 1.78. The van der Waals surface area contributed by atoms with Gasteiger partial charge in [0.2, 0.25) is 0 Å². The van der Waals surface area contributed by atoms with Crippen LogP contribution in [-0.4, -0.2) is 21.5 Å². The topological polar surface area (TPSA) is 63.8 Å². The first-order valence-electron chi connectivity index (χ1n) is 6.93. The van der Waals surface area contributed by atoms with Gasteiger partial charge in [0.05, 0.1) is 6.20 Å². The normalized spacial score (nSPS) is 10.8. The molecule has 2 aromatic heterocycles. The van der Waals surface area contributed by atoms with E-state index in [0.717, 1.165) is 48.0 Å². The van der Waals surface area contributed by atoms with Crippen LogP contribution < -0.4 is 5.32 Å². The zero-order chi connectivity index (χ0) is 14.4. The number of hydrogen-bond acceptors (Lipinski definition) is 6. The number of hydrogen-bond donors (Lipinski definition) is 1. The maximum absolute atomic E-state index is 5.28. The number of nitrogens with one attached hydrogen (secondary N) is 1. The van der Waals surface area contributed by atoms with E-state index in [2.05, 4.69) is 34.1 Å². The van der Waals surface area contributed by atoms with Crippen molar-refractivity contribution in [2.75, 3.05) is 11.9 Å². The Kier molecular flexibility index (Phi) is 5.40. The van der Waals surface area contributed by atoms with E-state index >= 15 is 0 Å². The van der Waals surface area contributed by atoms with Crippen molar-refractivity contribution in [1.82, 2.24) is 15.0 Å². The molecule has 0 aliphatic rings. The van der Waals surface area contributed by atoms with Crippen molar-refractivity contribution in [3.05, 3.63) is 23.8 Å². The minimum absolute atomic E-state index is 0.607. The molecule has 0 saturated carbocycles. The highest BCUT2D eigenvalue weighted by Gasteiger charge is 2.13. The van der Waals surface area contributed by atoms with Gasteiger partial charge in [0.15, 0.2) is 0 Å². The van der Waals surface area contributed by atoms with E-state index in [0.29, 0.717) is 5.22 Å². The van der Waals surface area contributed by atoms with Gasteiger partial charge in [0.1, 0.15) is 22.9 Å². The molecule has 20 heavy (non-hydrogen) atoms. The number of oxazole rings is 1. The van der Waals surface area contributed by atoms with Crippen LogP contribution in [0.1, 0.15) is 38.1 Å². The number of aryl methyl sites for hydroxylation is 1. The molecule has 0 fully saturated rings. The first-order chi connectivity index (χ1) is 9.74. The Morgan fingerprint density at radius 1 is 1.25 bits per heavy atom. The molecule has 5 nitrogen and oxygen atoms in total. The van der Waals surface area contributed by atoms with Crippen LogP contribution in [0.3, 0.4) is 0 Å². The Hall–Kier alpha value is -1.56. The fourth-order valence-electron chi connectivity index (χ4n) is 1.73. The summed E-state index contributed by atoms with van der Waals surface area (Å²) in [6, 6.07) is 0. The van der Waals surface area contributed by atoms with Gasteiger partial charge in [-0.15, -0.1) is 0 Å². The Bertz CT molecular complexity index is 542. The van der Waals surface area contributed by atoms with Crippen molar-refractivity contribution in [1.29, 1.82) is 0 Å². The maximum atomic E-state index is 5.28. The number of aromatic nitrogens is 3. The fraction of sp³-hybridized carbons (Fsp3) is 0.500. The Balaban J connectivity index is 2.29. The molecule has 0 aromatic carbocycles. The zero-order valence-electron chi connectivity index (χ0n) is 12.1. The number of rotatable bonds is 7. The molecule has 1 N–H and O–H groups in total. The van der Waals surface area contributed by atoms with Crippen LogP contribution in [0, 0.1) is 6.92 Å².